The minimum Gasteiger partial charge on any atom is -0.366 e. The summed E-state index contributed by atoms with van der Waals surface area (Å²) in [4.78, 5) is 17.1. The van der Waals surface area contributed by atoms with Gasteiger partial charge in [0.15, 0.2) is 0 Å². The highest BCUT2D eigenvalue weighted by Crippen LogP contribution is 2.43. The number of anilines is 1. The Balaban J connectivity index is 1.76. The fourth-order valence-electron chi connectivity index (χ4n) is 2.94. The van der Waals surface area contributed by atoms with Gasteiger partial charge in [0.25, 0.3) is 5.91 Å². The van der Waals surface area contributed by atoms with E-state index in [1.54, 1.807) is 16.5 Å². The van der Waals surface area contributed by atoms with Gasteiger partial charge in [-0.05, 0) is 25.1 Å². The van der Waals surface area contributed by atoms with Gasteiger partial charge in [-0.15, -0.1) is 11.8 Å². The molecule has 1 aromatic rings. The van der Waals surface area contributed by atoms with Crippen molar-refractivity contribution < 1.29 is 17.8 Å². The third kappa shape index (κ3) is 5.22. The van der Waals surface area contributed by atoms with E-state index < -0.39 is 16.2 Å². The van der Waals surface area contributed by atoms with Gasteiger partial charge < -0.3 is 9.80 Å². The van der Waals surface area contributed by atoms with Crippen LogP contribution in [0.15, 0.2) is 52.4 Å². The predicted molar refractivity (Wildman–Crippen MR) is 110 cm³/mol. The van der Waals surface area contributed by atoms with Crippen LogP contribution in [0, 0.1) is 0 Å². The van der Waals surface area contributed by atoms with E-state index >= 15 is 0 Å². The van der Waals surface area contributed by atoms with E-state index in [1.807, 2.05) is 53.1 Å². The highest BCUT2D eigenvalue weighted by atomic mass is 32.2. The van der Waals surface area contributed by atoms with Crippen LogP contribution in [0.2, 0.25) is 0 Å². The molecule has 2 heterocycles. The van der Waals surface area contributed by atoms with Gasteiger partial charge >= 0.3 is 10.3 Å². The van der Waals surface area contributed by atoms with Crippen molar-refractivity contribution in [2.75, 3.05) is 30.3 Å². The summed E-state index contributed by atoms with van der Waals surface area (Å²) in [5.41, 5.74) is 0.862. The largest absolute Gasteiger partial charge is 0.366 e. The molecule has 1 atom stereocenters. The molecule has 146 valence electrons. The van der Waals surface area contributed by atoms with Gasteiger partial charge in [0, 0.05) is 23.7 Å². The normalized spacial score (nSPS) is 21.3. The fraction of sp³-hybridized carbons (Fsp3) is 0.353. The fourth-order valence-corrected chi connectivity index (χ4v) is 5.60. The maximum absolute atomic E-state index is 12.0. The first-order valence-electron chi connectivity index (χ1n) is 8.44. The maximum Gasteiger partial charge on any atom is 0.359 e. The Morgan fingerprint density at radius 3 is 2.93 bits per heavy atom. The highest BCUT2D eigenvalue weighted by molar-refractivity contribution is 8.03. The number of carbonyl (C=O) groups is 1. The monoisotopic (exact) mass is 427 g/mol. The molecular formula is C17H21N3O4S3. The number of thioether (sulfide) groups is 2. The number of allylic oxidation sites excluding steroid dienone is 2. The standard InChI is InChI=1S/C17H21N3O4S3/c1-2-19-10-11-25-16(19)8-5-9-17-20(12-15(21)18-27(22,23)24)13-6-3-4-7-14(13)26-17/h3-9,17H,2,10-12H2,1H3,(H,18,21)(H,22,23,24)/b9-5+,16-8-. The number of nitrogens with zero attached hydrogens (tertiary/aromatic N) is 2. The molecule has 1 unspecified atom stereocenters. The quantitative estimate of drug-likeness (QED) is 0.669. The minimum absolute atomic E-state index is 0.145. The summed E-state index contributed by atoms with van der Waals surface area (Å²) in [7, 11) is -4.57. The van der Waals surface area contributed by atoms with Crippen LogP contribution < -0.4 is 9.62 Å². The van der Waals surface area contributed by atoms with Gasteiger partial charge in [-0.1, -0.05) is 36.0 Å². The highest BCUT2D eigenvalue weighted by Gasteiger charge is 2.30. The van der Waals surface area contributed by atoms with Crippen LogP contribution in [0.1, 0.15) is 6.92 Å². The second-order valence-corrected chi connectivity index (χ2v) is 9.35. The zero-order chi connectivity index (χ0) is 19.4. The average Bonchev–Trinajstić information content (AvgIpc) is 3.18. The predicted octanol–water partition coefficient (Wildman–Crippen LogP) is 2.31. The van der Waals surface area contributed by atoms with Crippen LogP contribution in [0.25, 0.3) is 0 Å². The number of nitrogens with one attached hydrogen (secondary N) is 1. The molecule has 3 rings (SSSR count). The van der Waals surface area contributed by atoms with Crippen molar-refractivity contribution in [2.24, 2.45) is 0 Å². The summed E-state index contributed by atoms with van der Waals surface area (Å²) in [5, 5.41) is 1.08. The number of carbonyl (C=O) groups excluding carboxylic acids is 1. The average molecular weight is 428 g/mol. The molecule has 0 bridgehead atoms. The Labute approximate surface area is 167 Å². The van der Waals surface area contributed by atoms with Crippen molar-refractivity contribution in [3.05, 3.63) is 47.5 Å². The van der Waals surface area contributed by atoms with Gasteiger partial charge in [-0.2, -0.15) is 8.42 Å². The first-order valence-corrected chi connectivity index (χ1v) is 11.7. The molecule has 0 spiro atoms. The van der Waals surface area contributed by atoms with Crippen molar-refractivity contribution in [3.8, 4) is 0 Å². The third-order valence-corrected chi connectivity index (χ3v) is 6.92. The Morgan fingerprint density at radius 2 is 2.19 bits per heavy atom. The number of rotatable bonds is 6. The Hall–Kier alpha value is -1.62. The summed E-state index contributed by atoms with van der Waals surface area (Å²) < 4.78 is 32.2. The molecule has 7 nitrogen and oxygen atoms in total. The Bertz CT molecular complexity index is 870. The molecule has 0 aliphatic carbocycles. The lowest BCUT2D eigenvalue weighted by Gasteiger charge is -2.23. The van der Waals surface area contributed by atoms with Crippen LogP contribution >= 0.6 is 23.5 Å². The van der Waals surface area contributed by atoms with Crippen LogP contribution in [0.4, 0.5) is 5.69 Å². The zero-order valence-electron chi connectivity index (χ0n) is 14.7. The van der Waals surface area contributed by atoms with Gasteiger partial charge in [0.1, 0.15) is 0 Å². The summed E-state index contributed by atoms with van der Waals surface area (Å²) >= 11 is 3.41. The van der Waals surface area contributed by atoms with Crippen LogP contribution in [-0.4, -0.2) is 54.5 Å². The lowest BCUT2D eigenvalue weighted by atomic mass is 10.2. The van der Waals surface area contributed by atoms with Gasteiger partial charge in [-0.25, -0.2) is 4.72 Å². The second-order valence-electron chi connectivity index (χ2n) is 5.92. The SMILES string of the molecule is CCN1CCS/C1=C\C=C\C1Sc2ccccc2N1CC(=O)NS(=O)(=O)O. The van der Waals surface area contributed by atoms with E-state index in [2.05, 4.69) is 17.9 Å². The van der Waals surface area contributed by atoms with Crippen molar-refractivity contribution >= 4 is 45.4 Å². The summed E-state index contributed by atoms with van der Waals surface area (Å²) in [5.74, 6) is 0.300. The van der Waals surface area contributed by atoms with Gasteiger partial charge in [-0.3, -0.25) is 9.35 Å². The molecule has 2 aliphatic rings. The van der Waals surface area contributed by atoms with E-state index in [0.717, 1.165) is 29.4 Å². The van der Waals surface area contributed by atoms with Crippen molar-refractivity contribution in [3.63, 3.8) is 0 Å². The first-order chi connectivity index (χ1) is 12.9. The molecule has 0 aromatic heterocycles. The number of benzene rings is 1. The number of hydrogen-bond donors (Lipinski definition) is 2. The first kappa shape index (κ1) is 20.1. The van der Waals surface area contributed by atoms with Crippen molar-refractivity contribution in [1.29, 1.82) is 0 Å². The topological polar surface area (TPSA) is 90.0 Å². The van der Waals surface area contributed by atoms with Gasteiger partial charge in [0.05, 0.1) is 22.6 Å². The Kier molecular flexibility index (Phi) is 6.40. The molecule has 0 saturated carbocycles. The van der Waals surface area contributed by atoms with Crippen molar-refractivity contribution in [1.82, 2.24) is 9.62 Å². The smallest absolute Gasteiger partial charge is 0.359 e. The lowest BCUT2D eigenvalue weighted by Crippen LogP contribution is -2.41. The summed E-state index contributed by atoms with van der Waals surface area (Å²) in [6.07, 6.45) is 6.04. The number of para-hydroxylation sites is 1. The number of amides is 1. The minimum atomic E-state index is -4.57. The molecule has 27 heavy (non-hydrogen) atoms. The molecule has 10 heteroatoms. The molecule has 2 N–H and O–H groups in total. The van der Waals surface area contributed by atoms with E-state index in [4.69, 9.17) is 4.55 Å². The molecule has 0 radical (unpaired) electrons. The summed E-state index contributed by atoms with van der Waals surface area (Å²) in [6.45, 7) is 3.97. The maximum atomic E-state index is 12.0. The second kappa shape index (κ2) is 8.59. The van der Waals surface area contributed by atoms with E-state index in [0.29, 0.717) is 0 Å². The molecule has 1 aromatic carbocycles. The number of hydrogen-bond acceptors (Lipinski definition) is 7. The Morgan fingerprint density at radius 1 is 1.41 bits per heavy atom. The molecule has 2 aliphatic heterocycles. The zero-order valence-corrected chi connectivity index (χ0v) is 17.2. The molecule has 1 fully saturated rings. The van der Waals surface area contributed by atoms with Gasteiger partial charge in [0.2, 0.25) is 0 Å². The van der Waals surface area contributed by atoms with E-state index in [-0.39, 0.29) is 11.9 Å². The van der Waals surface area contributed by atoms with Crippen LogP contribution in [-0.2, 0) is 15.1 Å². The molecule has 1 amide bonds. The summed E-state index contributed by atoms with van der Waals surface area (Å²) in [6, 6.07) is 7.65. The third-order valence-electron chi connectivity index (χ3n) is 4.11. The molecular weight excluding hydrogens is 406 g/mol. The van der Waals surface area contributed by atoms with E-state index in [9.17, 15) is 13.2 Å². The van der Waals surface area contributed by atoms with E-state index in [1.165, 1.54) is 5.03 Å². The number of fused-ring (bicyclic) bond motifs is 1. The van der Waals surface area contributed by atoms with Crippen LogP contribution in [0.3, 0.4) is 0 Å². The van der Waals surface area contributed by atoms with Crippen LogP contribution in [0.5, 0.6) is 0 Å². The van der Waals surface area contributed by atoms with Crippen molar-refractivity contribution in [2.45, 2.75) is 17.2 Å². The molecule has 1 saturated heterocycles. The lowest BCUT2D eigenvalue weighted by molar-refractivity contribution is -0.118.